The number of hydrogen-bond donors (Lipinski definition) is 0. The molecule has 0 radical (unpaired) electrons. The van der Waals surface area contributed by atoms with E-state index in [2.05, 4.69) is 37.9 Å². The number of nitrogens with zero attached hydrogens (tertiary/aromatic N) is 1. The van der Waals surface area contributed by atoms with Crippen LogP contribution in [0.4, 0.5) is 0 Å². The number of rotatable bonds is 2. The standard InChI is InChI=1S/C9H7Br2NO/c1-13-9-3-7(11)2-6(4-10)8(9)5-12/h2-3H,4H2,1H3. The maximum absolute atomic E-state index is 8.89. The lowest BCUT2D eigenvalue weighted by atomic mass is 10.1. The molecule has 0 aliphatic carbocycles. The number of alkyl halides is 1. The van der Waals surface area contributed by atoms with E-state index in [0.717, 1.165) is 10.0 Å². The Hall–Kier alpha value is -0.530. The fourth-order valence-electron chi connectivity index (χ4n) is 1.03. The highest BCUT2D eigenvalue weighted by molar-refractivity contribution is 9.10. The van der Waals surface area contributed by atoms with Crippen molar-refractivity contribution in [1.82, 2.24) is 0 Å². The second-order valence-corrected chi connectivity index (χ2v) is 3.86. The van der Waals surface area contributed by atoms with Crippen LogP contribution in [0.3, 0.4) is 0 Å². The molecule has 0 saturated carbocycles. The Morgan fingerprint density at radius 2 is 2.23 bits per heavy atom. The fourth-order valence-corrected chi connectivity index (χ4v) is 1.96. The van der Waals surface area contributed by atoms with Gasteiger partial charge in [0.15, 0.2) is 0 Å². The lowest BCUT2D eigenvalue weighted by molar-refractivity contribution is 0.413. The summed E-state index contributed by atoms with van der Waals surface area (Å²) >= 11 is 6.67. The number of hydrogen-bond acceptors (Lipinski definition) is 2. The molecular formula is C9H7Br2NO. The first kappa shape index (κ1) is 10.6. The van der Waals surface area contributed by atoms with Crippen LogP contribution in [0.25, 0.3) is 0 Å². The minimum absolute atomic E-state index is 0.586. The van der Waals surface area contributed by atoms with Gasteiger partial charge in [0.05, 0.1) is 12.7 Å². The zero-order chi connectivity index (χ0) is 9.84. The molecule has 0 aliphatic rings. The summed E-state index contributed by atoms with van der Waals surface area (Å²) in [6, 6.07) is 5.80. The van der Waals surface area contributed by atoms with E-state index in [1.54, 1.807) is 13.2 Å². The van der Waals surface area contributed by atoms with Crippen LogP contribution < -0.4 is 4.74 Å². The summed E-state index contributed by atoms with van der Waals surface area (Å²) in [7, 11) is 1.56. The molecule has 68 valence electrons. The van der Waals surface area contributed by atoms with Gasteiger partial charge in [-0.15, -0.1) is 0 Å². The molecule has 1 aromatic carbocycles. The Bertz CT molecular complexity index is 332. The highest BCUT2D eigenvalue weighted by atomic mass is 79.9. The molecule has 0 heterocycles. The topological polar surface area (TPSA) is 33.0 Å². The van der Waals surface area contributed by atoms with Crippen molar-refractivity contribution >= 4 is 31.9 Å². The van der Waals surface area contributed by atoms with E-state index in [1.807, 2.05) is 6.07 Å². The molecule has 1 rings (SSSR count). The summed E-state index contributed by atoms with van der Waals surface area (Å²) in [4.78, 5) is 0. The zero-order valence-corrected chi connectivity index (χ0v) is 10.1. The maximum Gasteiger partial charge on any atom is 0.138 e. The van der Waals surface area contributed by atoms with E-state index in [-0.39, 0.29) is 0 Å². The average Bonchev–Trinajstić information content (AvgIpc) is 2.16. The molecule has 1 aromatic rings. The molecule has 0 atom stereocenters. The normalized spacial score (nSPS) is 9.38. The molecule has 0 aromatic heterocycles. The lowest BCUT2D eigenvalue weighted by Crippen LogP contribution is -1.92. The predicted octanol–water partition coefficient (Wildman–Crippen LogP) is 3.22. The van der Waals surface area contributed by atoms with Gasteiger partial charge in [0.1, 0.15) is 11.8 Å². The third kappa shape index (κ3) is 2.23. The van der Waals surface area contributed by atoms with E-state index < -0.39 is 0 Å². The van der Waals surface area contributed by atoms with Gasteiger partial charge >= 0.3 is 0 Å². The van der Waals surface area contributed by atoms with Crippen LogP contribution in [-0.2, 0) is 5.33 Å². The smallest absolute Gasteiger partial charge is 0.138 e. The zero-order valence-electron chi connectivity index (χ0n) is 6.97. The van der Waals surface area contributed by atoms with E-state index in [9.17, 15) is 0 Å². The highest BCUT2D eigenvalue weighted by Gasteiger charge is 2.08. The summed E-state index contributed by atoms with van der Waals surface area (Å²) in [6.07, 6.45) is 0. The third-order valence-electron chi connectivity index (χ3n) is 1.62. The maximum atomic E-state index is 8.89. The van der Waals surface area contributed by atoms with Crippen molar-refractivity contribution in [2.24, 2.45) is 0 Å². The summed E-state index contributed by atoms with van der Waals surface area (Å²) in [6.45, 7) is 0. The molecule has 0 bridgehead atoms. The van der Waals surface area contributed by atoms with Gasteiger partial charge in [0.25, 0.3) is 0 Å². The quantitative estimate of drug-likeness (QED) is 0.786. The molecule has 0 unspecified atom stereocenters. The molecule has 4 heteroatoms. The van der Waals surface area contributed by atoms with Gasteiger partial charge in [-0.2, -0.15) is 5.26 Å². The molecule has 0 N–H and O–H groups in total. The molecule has 2 nitrogen and oxygen atoms in total. The molecule has 0 fully saturated rings. The summed E-state index contributed by atoms with van der Waals surface area (Å²) in [5, 5.41) is 9.53. The van der Waals surface area contributed by atoms with Crippen LogP contribution >= 0.6 is 31.9 Å². The van der Waals surface area contributed by atoms with Crippen LogP contribution in [0.5, 0.6) is 5.75 Å². The second kappa shape index (κ2) is 4.64. The summed E-state index contributed by atoms with van der Waals surface area (Å²) in [5.74, 6) is 0.603. The van der Waals surface area contributed by atoms with Crippen molar-refractivity contribution < 1.29 is 4.74 Å². The van der Waals surface area contributed by atoms with Gasteiger partial charge < -0.3 is 4.74 Å². The van der Waals surface area contributed by atoms with Gasteiger partial charge in [-0.3, -0.25) is 0 Å². The Balaban J connectivity index is 3.36. The van der Waals surface area contributed by atoms with Crippen LogP contribution in [0.2, 0.25) is 0 Å². The van der Waals surface area contributed by atoms with E-state index in [4.69, 9.17) is 10.00 Å². The first-order valence-electron chi connectivity index (χ1n) is 3.55. The number of methoxy groups -OCH3 is 1. The van der Waals surface area contributed by atoms with Gasteiger partial charge in [-0.05, 0) is 17.7 Å². The number of nitriles is 1. The molecular weight excluding hydrogens is 298 g/mol. The molecule has 0 saturated heterocycles. The third-order valence-corrected chi connectivity index (χ3v) is 2.69. The fraction of sp³-hybridized carbons (Fsp3) is 0.222. The molecule has 0 amide bonds. The van der Waals surface area contributed by atoms with Crippen molar-refractivity contribution in [2.45, 2.75) is 5.33 Å². The Morgan fingerprint density at radius 3 is 2.69 bits per heavy atom. The van der Waals surface area contributed by atoms with Crippen LogP contribution in [0.1, 0.15) is 11.1 Å². The summed E-state index contributed by atoms with van der Waals surface area (Å²) < 4.78 is 6.00. The van der Waals surface area contributed by atoms with Gasteiger partial charge in [-0.1, -0.05) is 31.9 Å². The van der Waals surface area contributed by atoms with Gasteiger partial charge in [-0.25, -0.2) is 0 Å². The van der Waals surface area contributed by atoms with Gasteiger partial charge in [0, 0.05) is 9.80 Å². The first-order valence-corrected chi connectivity index (χ1v) is 5.46. The highest BCUT2D eigenvalue weighted by Crippen LogP contribution is 2.28. The first-order chi connectivity index (χ1) is 6.22. The molecule has 0 aliphatic heterocycles. The van der Waals surface area contributed by atoms with Crippen molar-refractivity contribution in [3.8, 4) is 11.8 Å². The Morgan fingerprint density at radius 1 is 1.54 bits per heavy atom. The Kier molecular flexibility index (Phi) is 3.76. The summed E-state index contributed by atoms with van der Waals surface area (Å²) in [5.41, 5.74) is 1.51. The minimum atomic E-state index is 0.586. The predicted molar refractivity (Wildman–Crippen MR) is 58.0 cm³/mol. The SMILES string of the molecule is COc1cc(Br)cc(CBr)c1C#N. The van der Waals surface area contributed by atoms with E-state index in [1.165, 1.54) is 0 Å². The number of halogens is 2. The van der Waals surface area contributed by atoms with Crippen molar-refractivity contribution in [3.63, 3.8) is 0 Å². The molecule has 13 heavy (non-hydrogen) atoms. The van der Waals surface area contributed by atoms with E-state index in [0.29, 0.717) is 16.6 Å². The van der Waals surface area contributed by atoms with Crippen molar-refractivity contribution in [3.05, 3.63) is 27.7 Å². The minimum Gasteiger partial charge on any atom is -0.495 e. The van der Waals surface area contributed by atoms with Crippen LogP contribution in [0, 0.1) is 11.3 Å². The number of benzene rings is 1. The van der Waals surface area contributed by atoms with Crippen LogP contribution in [-0.4, -0.2) is 7.11 Å². The van der Waals surface area contributed by atoms with Crippen molar-refractivity contribution in [1.29, 1.82) is 5.26 Å². The van der Waals surface area contributed by atoms with E-state index >= 15 is 0 Å². The van der Waals surface area contributed by atoms with Gasteiger partial charge in [0.2, 0.25) is 0 Å². The average molecular weight is 305 g/mol. The lowest BCUT2D eigenvalue weighted by Gasteiger charge is -2.06. The number of ether oxygens (including phenoxy) is 1. The van der Waals surface area contributed by atoms with Crippen molar-refractivity contribution in [2.75, 3.05) is 7.11 Å². The monoisotopic (exact) mass is 303 g/mol. The van der Waals surface area contributed by atoms with Crippen LogP contribution in [0.15, 0.2) is 16.6 Å². The second-order valence-electron chi connectivity index (χ2n) is 2.39. The molecule has 0 spiro atoms. The largest absolute Gasteiger partial charge is 0.495 e. The Labute approximate surface area is 93.8 Å².